The van der Waals surface area contributed by atoms with E-state index in [1.165, 1.54) is 6.20 Å². The van der Waals surface area contributed by atoms with E-state index in [1.54, 1.807) is 12.1 Å². The maximum atomic E-state index is 11.5. The summed E-state index contributed by atoms with van der Waals surface area (Å²) in [5.74, 6) is 0.593. The normalized spacial score (nSPS) is 10.5. The molecule has 1 aromatic rings. The van der Waals surface area contributed by atoms with Crippen LogP contribution >= 0.6 is 0 Å². The van der Waals surface area contributed by atoms with E-state index in [1.807, 2.05) is 0 Å². The van der Waals surface area contributed by atoms with Crippen LogP contribution < -0.4 is 10.5 Å². The monoisotopic (exact) mass is 204 g/mol. The summed E-state index contributed by atoms with van der Waals surface area (Å²) in [4.78, 5) is 3.76. The minimum absolute atomic E-state index is 0.0141. The first-order valence-electron chi connectivity index (χ1n) is 3.93. The minimum Gasteiger partial charge on any atom is -0.487 e. The van der Waals surface area contributed by atoms with Gasteiger partial charge in [-0.1, -0.05) is 0 Å². The quantitative estimate of drug-likeness (QED) is 0.734. The molecule has 0 unspecified atom stereocenters. The van der Waals surface area contributed by atoms with Crippen LogP contribution in [-0.2, 0) is 4.74 Å². The van der Waals surface area contributed by atoms with Crippen molar-refractivity contribution in [2.24, 2.45) is 0 Å². The van der Waals surface area contributed by atoms with Gasteiger partial charge in [0.25, 0.3) is 0 Å². The third-order valence-corrected chi connectivity index (χ3v) is 1.38. The molecule has 1 heterocycles. The molecule has 0 saturated heterocycles. The number of nitrogens with two attached hydrogens (primary N) is 1. The predicted octanol–water partition coefficient (Wildman–Crippen LogP) is 1.28. The number of nitrogen functional groups attached to an aromatic ring is 1. The lowest BCUT2D eigenvalue weighted by Gasteiger charge is -2.07. The standard InChI is InChI=1S/C8H10F2N2O2/c9-8(10)14-5-4-13-6-2-1-3-12-7(6)11/h1-3,8H,4-5H2,(H2,11,12). The van der Waals surface area contributed by atoms with E-state index < -0.39 is 6.61 Å². The van der Waals surface area contributed by atoms with Crippen molar-refractivity contribution in [2.45, 2.75) is 6.61 Å². The second-order valence-corrected chi connectivity index (χ2v) is 2.37. The molecule has 1 aromatic heterocycles. The van der Waals surface area contributed by atoms with Crippen molar-refractivity contribution in [3.63, 3.8) is 0 Å². The van der Waals surface area contributed by atoms with Gasteiger partial charge >= 0.3 is 6.61 Å². The molecule has 0 aliphatic heterocycles. The van der Waals surface area contributed by atoms with E-state index in [9.17, 15) is 8.78 Å². The number of nitrogens with zero attached hydrogens (tertiary/aromatic N) is 1. The van der Waals surface area contributed by atoms with E-state index in [-0.39, 0.29) is 19.0 Å². The number of aromatic nitrogens is 1. The lowest BCUT2D eigenvalue weighted by Crippen LogP contribution is -2.10. The van der Waals surface area contributed by atoms with Crippen LogP contribution in [0.5, 0.6) is 5.75 Å². The van der Waals surface area contributed by atoms with E-state index >= 15 is 0 Å². The molecule has 0 aliphatic carbocycles. The van der Waals surface area contributed by atoms with Crippen LogP contribution in [0, 0.1) is 0 Å². The molecule has 0 saturated carbocycles. The third kappa shape index (κ3) is 3.53. The highest BCUT2D eigenvalue weighted by molar-refractivity contribution is 5.44. The average Bonchev–Trinajstić information content (AvgIpc) is 2.15. The van der Waals surface area contributed by atoms with Gasteiger partial charge in [-0.2, -0.15) is 8.78 Å². The smallest absolute Gasteiger partial charge is 0.345 e. The summed E-state index contributed by atoms with van der Waals surface area (Å²) in [6.45, 7) is -2.95. The second-order valence-electron chi connectivity index (χ2n) is 2.37. The van der Waals surface area contributed by atoms with Crippen molar-refractivity contribution >= 4 is 5.82 Å². The number of ether oxygens (including phenoxy) is 2. The number of halogens is 2. The number of hydrogen-bond donors (Lipinski definition) is 1. The number of pyridine rings is 1. The van der Waals surface area contributed by atoms with Crippen LogP contribution in [0.15, 0.2) is 18.3 Å². The van der Waals surface area contributed by atoms with Crippen LogP contribution in [-0.4, -0.2) is 24.8 Å². The summed E-state index contributed by atoms with van der Waals surface area (Å²) < 4.78 is 32.1. The van der Waals surface area contributed by atoms with Crippen LogP contribution in [0.3, 0.4) is 0 Å². The van der Waals surface area contributed by atoms with E-state index in [4.69, 9.17) is 10.5 Å². The summed E-state index contributed by atoms with van der Waals surface area (Å²) in [5, 5.41) is 0. The summed E-state index contributed by atoms with van der Waals surface area (Å²) >= 11 is 0. The maximum absolute atomic E-state index is 11.5. The van der Waals surface area contributed by atoms with Crippen LogP contribution in [0.4, 0.5) is 14.6 Å². The van der Waals surface area contributed by atoms with Gasteiger partial charge in [0.15, 0.2) is 11.6 Å². The Bertz CT molecular complexity index is 284. The first kappa shape index (κ1) is 10.6. The molecule has 0 fully saturated rings. The molecule has 0 radical (unpaired) electrons. The molecule has 0 aliphatic rings. The maximum Gasteiger partial charge on any atom is 0.345 e. The Hall–Kier alpha value is -1.43. The van der Waals surface area contributed by atoms with Crippen LogP contribution in [0.1, 0.15) is 0 Å². The topological polar surface area (TPSA) is 57.4 Å². The molecule has 4 nitrogen and oxygen atoms in total. The average molecular weight is 204 g/mol. The van der Waals surface area contributed by atoms with Gasteiger partial charge in [0.1, 0.15) is 6.61 Å². The van der Waals surface area contributed by atoms with E-state index in [0.29, 0.717) is 5.75 Å². The fourth-order valence-corrected chi connectivity index (χ4v) is 0.814. The van der Waals surface area contributed by atoms with Gasteiger partial charge in [-0.05, 0) is 12.1 Å². The van der Waals surface area contributed by atoms with Gasteiger partial charge in [-0.25, -0.2) is 4.98 Å². The Morgan fingerprint density at radius 1 is 1.43 bits per heavy atom. The Morgan fingerprint density at radius 3 is 2.86 bits per heavy atom. The van der Waals surface area contributed by atoms with Crippen molar-refractivity contribution < 1.29 is 18.3 Å². The van der Waals surface area contributed by atoms with Gasteiger partial charge in [0.05, 0.1) is 6.61 Å². The first-order valence-corrected chi connectivity index (χ1v) is 3.93. The highest BCUT2D eigenvalue weighted by Gasteiger charge is 2.02. The molecule has 78 valence electrons. The van der Waals surface area contributed by atoms with Crippen molar-refractivity contribution in [1.82, 2.24) is 4.98 Å². The molecule has 0 amide bonds. The zero-order valence-corrected chi connectivity index (χ0v) is 7.32. The molecule has 14 heavy (non-hydrogen) atoms. The van der Waals surface area contributed by atoms with Crippen LogP contribution in [0.25, 0.3) is 0 Å². The van der Waals surface area contributed by atoms with Gasteiger partial charge in [-0.3, -0.25) is 0 Å². The van der Waals surface area contributed by atoms with Crippen molar-refractivity contribution in [1.29, 1.82) is 0 Å². The lowest BCUT2D eigenvalue weighted by atomic mass is 10.4. The highest BCUT2D eigenvalue weighted by atomic mass is 19.3. The Labute approximate surface area is 79.6 Å². The number of anilines is 1. The predicted molar refractivity (Wildman–Crippen MR) is 46.1 cm³/mol. The first-order chi connectivity index (χ1) is 6.70. The Kier molecular flexibility index (Phi) is 4.06. The van der Waals surface area contributed by atoms with Gasteiger partial charge in [-0.15, -0.1) is 0 Å². The molecular formula is C8H10F2N2O2. The summed E-state index contributed by atoms with van der Waals surface area (Å²) in [5.41, 5.74) is 5.44. The van der Waals surface area contributed by atoms with Gasteiger partial charge < -0.3 is 15.2 Å². The molecule has 6 heteroatoms. The van der Waals surface area contributed by atoms with Crippen molar-refractivity contribution in [3.05, 3.63) is 18.3 Å². The summed E-state index contributed by atoms with van der Waals surface area (Å²) in [6, 6.07) is 3.24. The van der Waals surface area contributed by atoms with Crippen molar-refractivity contribution in [2.75, 3.05) is 18.9 Å². The second kappa shape index (κ2) is 5.33. The van der Waals surface area contributed by atoms with Gasteiger partial charge in [0.2, 0.25) is 0 Å². The zero-order valence-electron chi connectivity index (χ0n) is 7.32. The molecular weight excluding hydrogens is 194 g/mol. The summed E-state index contributed by atoms with van der Waals surface area (Å²) in [7, 11) is 0. The molecule has 0 spiro atoms. The number of alkyl halides is 2. The molecule has 0 aromatic carbocycles. The van der Waals surface area contributed by atoms with E-state index in [0.717, 1.165) is 0 Å². The molecule has 0 atom stereocenters. The highest BCUT2D eigenvalue weighted by Crippen LogP contribution is 2.16. The van der Waals surface area contributed by atoms with Crippen LogP contribution in [0.2, 0.25) is 0 Å². The number of hydrogen-bond acceptors (Lipinski definition) is 4. The number of rotatable bonds is 5. The third-order valence-electron chi connectivity index (χ3n) is 1.38. The fourth-order valence-electron chi connectivity index (χ4n) is 0.814. The Balaban J connectivity index is 2.28. The lowest BCUT2D eigenvalue weighted by molar-refractivity contribution is -0.133. The zero-order chi connectivity index (χ0) is 10.4. The van der Waals surface area contributed by atoms with E-state index in [2.05, 4.69) is 9.72 Å². The van der Waals surface area contributed by atoms with Gasteiger partial charge in [0, 0.05) is 6.20 Å². The Morgan fingerprint density at radius 2 is 2.21 bits per heavy atom. The summed E-state index contributed by atoms with van der Waals surface area (Å²) in [6.07, 6.45) is 1.51. The molecule has 0 bridgehead atoms. The minimum atomic E-state index is -2.77. The molecule has 1 rings (SSSR count). The molecule has 2 N–H and O–H groups in total. The SMILES string of the molecule is Nc1ncccc1OCCOC(F)F. The fraction of sp³-hybridized carbons (Fsp3) is 0.375. The van der Waals surface area contributed by atoms with Crippen molar-refractivity contribution in [3.8, 4) is 5.75 Å². The largest absolute Gasteiger partial charge is 0.487 e.